The van der Waals surface area contributed by atoms with E-state index in [9.17, 15) is 18.0 Å². The highest BCUT2D eigenvalue weighted by molar-refractivity contribution is 5.81. The highest BCUT2D eigenvalue weighted by Crippen LogP contribution is 2.33. The van der Waals surface area contributed by atoms with Crippen LogP contribution in [0.5, 0.6) is 11.5 Å². The number of alkyl halides is 3. The standard InChI is InChI=1S/C30H29F3N2O4/c31-30(32,33)39-24-15-13-22(14-16-24)29-34-25-6-2-3-7-26(25)35(29)18-23-5-1-4-8-27(23)38-19-21-11-9-20(10-12-21)17-28(36)37/h1-8,13-16,20-21H,9-12,17-19H2,(H,36,37). The molecular formula is C30H29F3N2O4. The van der Waals surface area contributed by atoms with Gasteiger partial charge in [0.15, 0.2) is 0 Å². The zero-order valence-electron chi connectivity index (χ0n) is 21.2. The van der Waals surface area contributed by atoms with E-state index < -0.39 is 12.3 Å². The first kappa shape index (κ1) is 26.6. The van der Waals surface area contributed by atoms with Crippen LogP contribution in [-0.4, -0.2) is 33.6 Å². The number of ether oxygens (including phenoxy) is 2. The van der Waals surface area contributed by atoms with Crippen LogP contribution in [0.1, 0.15) is 37.7 Å². The molecule has 39 heavy (non-hydrogen) atoms. The SMILES string of the molecule is O=C(O)CC1CCC(COc2ccccc2Cn2c(-c3ccc(OC(F)(F)F)cc3)nc3ccccc32)CC1. The van der Waals surface area contributed by atoms with Gasteiger partial charge in [-0.2, -0.15) is 0 Å². The molecule has 5 rings (SSSR count). The fraction of sp³-hybridized carbons (Fsp3) is 0.333. The molecule has 0 unspecified atom stereocenters. The predicted octanol–water partition coefficient (Wildman–Crippen LogP) is 7.31. The highest BCUT2D eigenvalue weighted by atomic mass is 19.4. The third-order valence-electron chi connectivity index (χ3n) is 7.21. The number of rotatable bonds is 9. The molecule has 1 aliphatic carbocycles. The molecule has 1 saturated carbocycles. The van der Waals surface area contributed by atoms with E-state index >= 15 is 0 Å². The number of hydrogen-bond donors (Lipinski definition) is 1. The van der Waals surface area contributed by atoms with Crippen LogP contribution in [0.2, 0.25) is 0 Å². The minimum absolute atomic E-state index is 0.232. The number of carboxylic acid groups (broad SMARTS) is 1. The lowest BCUT2D eigenvalue weighted by Gasteiger charge is -2.27. The summed E-state index contributed by atoms with van der Waals surface area (Å²) in [7, 11) is 0. The molecule has 1 aliphatic rings. The molecule has 0 radical (unpaired) electrons. The average Bonchev–Trinajstić information content (AvgIpc) is 3.26. The highest BCUT2D eigenvalue weighted by Gasteiger charge is 2.31. The number of para-hydroxylation sites is 3. The van der Waals surface area contributed by atoms with Gasteiger partial charge in [0.25, 0.3) is 0 Å². The number of benzene rings is 3. The number of carboxylic acids is 1. The first-order chi connectivity index (χ1) is 18.7. The first-order valence-electron chi connectivity index (χ1n) is 13.0. The summed E-state index contributed by atoms with van der Waals surface area (Å²) in [5.41, 5.74) is 3.30. The Morgan fingerprint density at radius 3 is 2.31 bits per heavy atom. The van der Waals surface area contributed by atoms with Gasteiger partial charge >= 0.3 is 12.3 Å². The van der Waals surface area contributed by atoms with Gasteiger partial charge in [-0.3, -0.25) is 4.79 Å². The maximum absolute atomic E-state index is 12.6. The van der Waals surface area contributed by atoms with Crippen molar-refractivity contribution in [2.45, 2.75) is 45.0 Å². The molecule has 6 nitrogen and oxygen atoms in total. The van der Waals surface area contributed by atoms with E-state index in [0.29, 0.717) is 30.5 Å². The summed E-state index contributed by atoms with van der Waals surface area (Å²) in [6, 6.07) is 21.2. The Morgan fingerprint density at radius 2 is 1.59 bits per heavy atom. The summed E-state index contributed by atoms with van der Waals surface area (Å²) in [5.74, 6) is 0.993. The molecular weight excluding hydrogens is 509 g/mol. The molecule has 0 saturated heterocycles. The zero-order valence-corrected chi connectivity index (χ0v) is 21.2. The van der Waals surface area contributed by atoms with Gasteiger partial charge in [-0.05, 0) is 80.0 Å². The summed E-state index contributed by atoms with van der Waals surface area (Å²) in [6.07, 6.45) is -0.820. The minimum Gasteiger partial charge on any atom is -0.493 e. The Bertz CT molecular complexity index is 1420. The molecule has 0 amide bonds. The van der Waals surface area contributed by atoms with E-state index in [1.165, 1.54) is 12.1 Å². The topological polar surface area (TPSA) is 73.6 Å². The van der Waals surface area contributed by atoms with Gasteiger partial charge in [-0.25, -0.2) is 4.98 Å². The lowest BCUT2D eigenvalue weighted by molar-refractivity contribution is -0.274. The van der Waals surface area contributed by atoms with Crippen molar-refractivity contribution >= 4 is 17.0 Å². The molecule has 1 fully saturated rings. The van der Waals surface area contributed by atoms with Crippen molar-refractivity contribution in [3.63, 3.8) is 0 Å². The number of imidazole rings is 1. The molecule has 0 atom stereocenters. The molecule has 1 N–H and O–H groups in total. The number of hydrogen-bond acceptors (Lipinski definition) is 4. The summed E-state index contributed by atoms with van der Waals surface area (Å²) < 4.78 is 50.2. The Hall–Kier alpha value is -4.01. The number of aromatic nitrogens is 2. The summed E-state index contributed by atoms with van der Waals surface area (Å²) in [6.45, 7) is 1.02. The first-order valence-corrected chi connectivity index (χ1v) is 13.0. The van der Waals surface area contributed by atoms with Crippen molar-refractivity contribution in [1.29, 1.82) is 0 Å². The van der Waals surface area contributed by atoms with Gasteiger partial charge in [0.05, 0.1) is 24.2 Å². The van der Waals surface area contributed by atoms with Crippen LogP contribution in [0.3, 0.4) is 0 Å². The molecule has 4 aromatic rings. The largest absolute Gasteiger partial charge is 0.573 e. The minimum atomic E-state index is -4.75. The Kier molecular flexibility index (Phi) is 7.77. The van der Waals surface area contributed by atoms with Gasteiger partial charge < -0.3 is 19.1 Å². The maximum Gasteiger partial charge on any atom is 0.573 e. The van der Waals surface area contributed by atoms with Crippen LogP contribution in [0.4, 0.5) is 13.2 Å². The summed E-state index contributed by atoms with van der Waals surface area (Å²) >= 11 is 0. The molecule has 0 aliphatic heterocycles. The number of nitrogens with zero attached hydrogens (tertiary/aromatic N) is 2. The second kappa shape index (κ2) is 11.4. The molecule has 9 heteroatoms. The number of halogens is 3. The van der Waals surface area contributed by atoms with Gasteiger partial charge in [0.2, 0.25) is 0 Å². The normalized spacial score (nSPS) is 17.7. The van der Waals surface area contributed by atoms with Crippen molar-refractivity contribution in [3.8, 4) is 22.9 Å². The van der Waals surface area contributed by atoms with Gasteiger partial charge in [-0.15, -0.1) is 13.2 Å². The predicted molar refractivity (Wildman–Crippen MR) is 141 cm³/mol. The van der Waals surface area contributed by atoms with Crippen LogP contribution in [0, 0.1) is 11.8 Å². The lowest BCUT2D eigenvalue weighted by atomic mass is 9.81. The molecule has 1 aromatic heterocycles. The smallest absolute Gasteiger partial charge is 0.493 e. The van der Waals surface area contributed by atoms with Crippen molar-refractivity contribution < 1.29 is 32.5 Å². The molecule has 204 valence electrons. The third-order valence-corrected chi connectivity index (χ3v) is 7.21. The van der Waals surface area contributed by atoms with Gasteiger partial charge in [0, 0.05) is 17.5 Å². The fourth-order valence-electron chi connectivity index (χ4n) is 5.26. The number of aliphatic carboxylic acids is 1. The lowest BCUT2D eigenvalue weighted by Crippen LogP contribution is -2.22. The Morgan fingerprint density at radius 1 is 0.923 bits per heavy atom. The summed E-state index contributed by atoms with van der Waals surface area (Å²) in [5, 5.41) is 9.05. The second-order valence-electron chi connectivity index (χ2n) is 9.99. The Labute approximate surface area is 224 Å². The second-order valence-corrected chi connectivity index (χ2v) is 9.99. The monoisotopic (exact) mass is 538 g/mol. The van der Waals surface area contributed by atoms with E-state index in [2.05, 4.69) is 4.74 Å². The zero-order chi connectivity index (χ0) is 27.4. The van der Waals surface area contributed by atoms with Gasteiger partial charge in [-0.1, -0.05) is 30.3 Å². The maximum atomic E-state index is 12.6. The van der Waals surface area contributed by atoms with Crippen molar-refractivity contribution in [2.24, 2.45) is 11.8 Å². The van der Waals surface area contributed by atoms with E-state index in [0.717, 1.165) is 48.0 Å². The molecule has 3 aromatic carbocycles. The van der Waals surface area contributed by atoms with Crippen LogP contribution in [0.25, 0.3) is 22.4 Å². The van der Waals surface area contributed by atoms with Crippen LogP contribution >= 0.6 is 0 Å². The van der Waals surface area contributed by atoms with Crippen molar-refractivity contribution in [1.82, 2.24) is 9.55 Å². The molecule has 0 spiro atoms. The van der Waals surface area contributed by atoms with Crippen molar-refractivity contribution in [3.05, 3.63) is 78.4 Å². The fourth-order valence-corrected chi connectivity index (χ4v) is 5.26. The Balaban J connectivity index is 1.35. The van der Waals surface area contributed by atoms with E-state index in [-0.39, 0.29) is 18.1 Å². The quantitative estimate of drug-likeness (QED) is 0.242. The van der Waals surface area contributed by atoms with Gasteiger partial charge in [0.1, 0.15) is 17.3 Å². The average molecular weight is 539 g/mol. The number of fused-ring (bicyclic) bond motifs is 1. The third kappa shape index (κ3) is 6.71. The number of carbonyl (C=O) groups is 1. The van der Waals surface area contributed by atoms with E-state index in [1.807, 2.05) is 53.1 Å². The summed E-state index contributed by atoms with van der Waals surface area (Å²) in [4.78, 5) is 15.8. The van der Waals surface area contributed by atoms with Crippen molar-refractivity contribution in [2.75, 3.05) is 6.61 Å². The molecule has 0 bridgehead atoms. The van der Waals surface area contributed by atoms with E-state index in [4.69, 9.17) is 14.8 Å². The van der Waals surface area contributed by atoms with E-state index in [1.54, 1.807) is 12.1 Å². The molecule has 1 heterocycles. The van der Waals surface area contributed by atoms with Crippen LogP contribution < -0.4 is 9.47 Å². The van der Waals surface area contributed by atoms with Crippen LogP contribution in [0.15, 0.2) is 72.8 Å². The van der Waals surface area contributed by atoms with Crippen LogP contribution in [-0.2, 0) is 11.3 Å².